The highest BCUT2D eigenvalue weighted by Gasteiger charge is 2.20. The number of allylic oxidation sites excluding steroid dienone is 2. The zero-order chi connectivity index (χ0) is 19.3. The third-order valence-corrected chi connectivity index (χ3v) is 5.74. The fourth-order valence-corrected chi connectivity index (χ4v) is 4.09. The summed E-state index contributed by atoms with van der Waals surface area (Å²) in [5.74, 6) is 1.97. The Morgan fingerprint density at radius 2 is 2.07 bits per heavy atom. The van der Waals surface area contributed by atoms with E-state index in [1.807, 2.05) is 54.1 Å². The van der Waals surface area contributed by atoms with Gasteiger partial charge in [-0.1, -0.05) is 48.2 Å². The number of hydrogen-bond donors (Lipinski definition) is 0. The molecule has 0 saturated carbocycles. The van der Waals surface area contributed by atoms with Crippen molar-refractivity contribution in [1.29, 1.82) is 0 Å². The Morgan fingerprint density at radius 1 is 1.21 bits per heavy atom. The van der Waals surface area contributed by atoms with Gasteiger partial charge in [-0.25, -0.2) is 0 Å². The molecular weight excluding hydrogens is 372 g/mol. The number of amides is 1. The lowest BCUT2D eigenvalue weighted by Gasteiger charge is -2.18. The van der Waals surface area contributed by atoms with Crippen LogP contribution in [0.5, 0.6) is 0 Å². The molecule has 0 spiro atoms. The van der Waals surface area contributed by atoms with Crippen molar-refractivity contribution in [1.82, 2.24) is 19.7 Å². The molecule has 7 heteroatoms. The number of carbonyl (C=O) groups is 1. The second kappa shape index (κ2) is 8.48. The third kappa shape index (κ3) is 4.04. The molecule has 0 saturated heterocycles. The second-order valence-electron chi connectivity index (χ2n) is 6.67. The fraction of sp³-hybridized carbons (Fsp3) is 0.286. The quantitative estimate of drug-likeness (QED) is 0.562. The van der Waals surface area contributed by atoms with Crippen molar-refractivity contribution in [3.63, 3.8) is 0 Å². The number of aromatic nitrogens is 3. The molecule has 0 unspecified atom stereocenters. The van der Waals surface area contributed by atoms with Crippen LogP contribution in [0.3, 0.4) is 0 Å². The summed E-state index contributed by atoms with van der Waals surface area (Å²) in [5, 5.41) is 9.44. The summed E-state index contributed by atoms with van der Waals surface area (Å²) in [7, 11) is 1.85. The van der Waals surface area contributed by atoms with Crippen LogP contribution in [0.2, 0.25) is 0 Å². The third-order valence-electron chi connectivity index (χ3n) is 4.79. The summed E-state index contributed by atoms with van der Waals surface area (Å²) >= 11 is 1.41. The van der Waals surface area contributed by atoms with Crippen molar-refractivity contribution < 1.29 is 9.21 Å². The van der Waals surface area contributed by atoms with Gasteiger partial charge in [0.2, 0.25) is 5.91 Å². The molecule has 0 radical (unpaired) electrons. The van der Waals surface area contributed by atoms with Crippen LogP contribution in [0.4, 0.5) is 0 Å². The number of carbonyl (C=O) groups excluding carboxylic acids is 1. The molecule has 0 fully saturated rings. The summed E-state index contributed by atoms with van der Waals surface area (Å²) in [6.07, 6.45) is 6.95. The Hall–Kier alpha value is -2.80. The fourth-order valence-electron chi connectivity index (χ4n) is 3.24. The molecular formula is C21H22N4O2S. The van der Waals surface area contributed by atoms with Gasteiger partial charge in [0.05, 0.1) is 18.6 Å². The van der Waals surface area contributed by atoms with Gasteiger partial charge >= 0.3 is 0 Å². The molecule has 3 aromatic rings. The van der Waals surface area contributed by atoms with Crippen LogP contribution in [0.1, 0.15) is 25.0 Å². The Balaban J connectivity index is 1.54. The van der Waals surface area contributed by atoms with E-state index in [0.717, 1.165) is 42.1 Å². The standard InChI is InChI=1S/C21H22N4O2S/c1-24(17-10-5-6-11-17)19(26)15-28-21-23-22-20(16-8-3-2-4-9-16)25(21)14-18-12-7-13-27-18/h2-4,7-10,12-13H,5-6,11,14-15H2,1H3. The van der Waals surface area contributed by atoms with Gasteiger partial charge in [0.1, 0.15) is 5.76 Å². The van der Waals surface area contributed by atoms with E-state index in [-0.39, 0.29) is 5.91 Å². The molecule has 1 amide bonds. The molecule has 2 aromatic heterocycles. The number of nitrogens with zero attached hydrogens (tertiary/aromatic N) is 4. The van der Waals surface area contributed by atoms with E-state index in [1.54, 1.807) is 11.2 Å². The summed E-state index contributed by atoms with van der Waals surface area (Å²) in [6.45, 7) is 0.516. The van der Waals surface area contributed by atoms with Crippen LogP contribution in [-0.2, 0) is 11.3 Å². The average Bonchev–Trinajstić information content (AvgIpc) is 3.49. The van der Waals surface area contributed by atoms with E-state index < -0.39 is 0 Å². The number of thioether (sulfide) groups is 1. The molecule has 0 bridgehead atoms. The van der Waals surface area contributed by atoms with Crippen molar-refractivity contribution in [2.75, 3.05) is 12.8 Å². The van der Waals surface area contributed by atoms with E-state index >= 15 is 0 Å². The summed E-state index contributed by atoms with van der Waals surface area (Å²) in [6, 6.07) is 13.7. The molecule has 2 heterocycles. The number of furan rings is 1. The Labute approximate surface area is 168 Å². The zero-order valence-corrected chi connectivity index (χ0v) is 16.6. The smallest absolute Gasteiger partial charge is 0.236 e. The highest BCUT2D eigenvalue weighted by atomic mass is 32.2. The van der Waals surface area contributed by atoms with Gasteiger partial charge in [-0.05, 0) is 31.4 Å². The number of benzene rings is 1. The minimum absolute atomic E-state index is 0.0759. The van der Waals surface area contributed by atoms with Gasteiger partial charge in [0.15, 0.2) is 11.0 Å². The molecule has 1 aromatic carbocycles. The molecule has 0 N–H and O–H groups in total. The molecule has 1 aliphatic carbocycles. The minimum atomic E-state index is 0.0759. The number of hydrogen-bond acceptors (Lipinski definition) is 5. The molecule has 28 heavy (non-hydrogen) atoms. The summed E-state index contributed by atoms with van der Waals surface area (Å²) < 4.78 is 7.52. The van der Waals surface area contributed by atoms with Crippen molar-refractivity contribution in [3.8, 4) is 11.4 Å². The van der Waals surface area contributed by atoms with Gasteiger partial charge in [-0.2, -0.15) is 0 Å². The SMILES string of the molecule is CN(C(=O)CSc1nnc(-c2ccccc2)n1Cc1ccco1)C1=CCCC1. The Kier molecular flexibility index (Phi) is 5.62. The van der Waals surface area contributed by atoms with E-state index in [9.17, 15) is 4.79 Å². The highest BCUT2D eigenvalue weighted by molar-refractivity contribution is 7.99. The monoisotopic (exact) mass is 394 g/mol. The van der Waals surface area contributed by atoms with Gasteiger partial charge in [-0.15, -0.1) is 10.2 Å². The Morgan fingerprint density at radius 3 is 2.79 bits per heavy atom. The summed E-state index contributed by atoms with van der Waals surface area (Å²) in [5.41, 5.74) is 2.10. The van der Waals surface area contributed by atoms with Crippen LogP contribution in [0, 0.1) is 0 Å². The first-order chi connectivity index (χ1) is 13.7. The molecule has 144 valence electrons. The maximum absolute atomic E-state index is 12.6. The average molecular weight is 395 g/mol. The van der Waals surface area contributed by atoms with E-state index in [2.05, 4.69) is 16.3 Å². The summed E-state index contributed by atoms with van der Waals surface area (Å²) in [4.78, 5) is 14.4. The maximum atomic E-state index is 12.6. The lowest BCUT2D eigenvalue weighted by Crippen LogP contribution is -2.27. The first-order valence-electron chi connectivity index (χ1n) is 9.32. The Bertz CT molecular complexity index is 964. The van der Waals surface area contributed by atoms with Gasteiger partial charge in [0.25, 0.3) is 0 Å². The van der Waals surface area contributed by atoms with Crippen LogP contribution in [0.25, 0.3) is 11.4 Å². The van der Waals surface area contributed by atoms with Crippen molar-refractivity contribution in [3.05, 3.63) is 66.3 Å². The minimum Gasteiger partial charge on any atom is -0.467 e. The van der Waals surface area contributed by atoms with Crippen LogP contribution in [-0.4, -0.2) is 38.4 Å². The lowest BCUT2D eigenvalue weighted by atomic mass is 10.2. The van der Waals surface area contributed by atoms with Gasteiger partial charge in [0, 0.05) is 18.3 Å². The maximum Gasteiger partial charge on any atom is 0.236 e. The second-order valence-corrected chi connectivity index (χ2v) is 7.61. The molecule has 4 rings (SSSR count). The largest absolute Gasteiger partial charge is 0.467 e. The van der Waals surface area contributed by atoms with Crippen LogP contribution in [0.15, 0.2) is 70.1 Å². The van der Waals surface area contributed by atoms with Crippen molar-refractivity contribution in [2.24, 2.45) is 0 Å². The molecule has 6 nitrogen and oxygen atoms in total. The molecule has 0 aliphatic heterocycles. The topological polar surface area (TPSA) is 64.2 Å². The predicted octanol–water partition coefficient (Wildman–Crippen LogP) is 4.20. The molecule has 1 aliphatic rings. The highest BCUT2D eigenvalue weighted by Crippen LogP contribution is 2.26. The van der Waals surface area contributed by atoms with E-state index in [0.29, 0.717) is 17.5 Å². The van der Waals surface area contributed by atoms with Gasteiger partial charge < -0.3 is 9.32 Å². The van der Waals surface area contributed by atoms with Crippen LogP contribution >= 0.6 is 11.8 Å². The number of rotatable bonds is 7. The molecule has 0 atom stereocenters. The van der Waals surface area contributed by atoms with Crippen molar-refractivity contribution >= 4 is 17.7 Å². The normalized spacial score (nSPS) is 13.5. The van der Waals surface area contributed by atoms with Crippen molar-refractivity contribution in [2.45, 2.75) is 31.0 Å². The van der Waals surface area contributed by atoms with Gasteiger partial charge in [-0.3, -0.25) is 9.36 Å². The first-order valence-corrected chi connectivity index (χ1v) is 10.3. The first kappa shape index (κ1) is 18.6. The van der Waals surface area contributed by atoms with Crippen LogP contribution < -0.4 is 0 Å². The van der Waals surface area contributed by atoms with E-state index in [4.69, 9.17) is 4.42 Å². The van der Waals surface area contributed by atoms with E-state index in [1.165, 1.54) is 11.8 Å². The predicted molar refractivity (Wildman–Crippen MR) is 109 cm³/mol. The lowest BCUT2D eigenvalue weighted by molar-refractivity contribution is -0.125. The zero-order valence-electron chi connectivity index (χ0n) is 15.7.